The Balaban J connectivity index is 1.89. The molecule has 0 fully saturated rings. The SMILES string of the molecule is C=C(Nc1ccc(CCCCC)cc1)C(O)c1ccc(CCCC)cc1. The number of aliphatic hydroxyl groups excluding tert-OH is 1. The second kappa shape index (κ2) is 10.8. The lowest BCUT2D eigenvalue weighted by atomic mass is 10.0. The monoisotopic (exact) mass is 351 g/mol. The van der Waals surface area contributed by atoms with E-state index in [1.807, 2.05) is 12.1 Å². The van der Waals surface area contributed by atoms with E-state index in [1.165, 1.54) is 43.2 Å². The molecule has 0 aliphatic heterocycles. The average molecular weight is 352 g/mol. The molecule has 2 heteroatoms. The molecule has 0 spiro atoms. The molecular weight excluding hydrogens is 318 g/mol. The number of aliphatic hydroxyl groups is 1. The van der Waals surface area contributed by atoms with Crippen LogP contribution in [0.15, 0.2) is 60.8 Å². The molecule has 0 amide bonds. The van der Waals surface area contributed by atoms with Crippen LogP contribution in [0.4, 0.5) is 5.69 Å². The normalized spacial score (nSPS) is 12.0. The summed E-state index contributed by atoms with van der Waals surface area (Å²) < 4.78 is 0. The van der Waals surface area contributed by atoms with Crippen LogP contribution in [0.2, 0.25) is 0 Å². The van der Waals surface area contributed by atoms with E-state index in [4.69, 9.17) is 0 Å². The van der Waals surface area contributed by atoms with Crippen molar-refractivity contribution in [3.05, 3.63) is 77.5 Å². The second-order valence-electron chi connectivity index (χ2n) is 7.05. The predicted octanol–water partition coefficient (Wildman–Crippen LogP) is 6.42. The maximum Gasteiger partial charge on any atom is 0.118 e. The fourth-order valence-corrected chi connectivity index (χ4v) is 3.04. The molecule has 0 aliphatic carbocycles. The summed E-state index contributed by atoms with van der Waals surface area (Å²) in [6.45, 7) is 8.45. The zero-order valence-corrected chi connectivity index (χ0v) is 16.3. The second-order valence-corrected chi connectivity index (χ2v) is 7.05. The van der Waals surface area contributed by atoms with Crippen molar-refractivity contribution in [2.45, 2.75) is 64.9 Å². The first kappa shape index (κ1) is 20.3. The first-order chi connectivity index (χ1) is 12.6. The summed E-state index contributed by atoms with van der Waals surface area (Å²) in [6.07, 6.45) is 7.67. The Labute approximate surface area is 159 Å². The molecule has 0 heterocycles. The van der Waals surface area contributed by atoms with Crippen molar-refractivity contribution in [1.82, 2.24) is 0 Å². The smallest absolute Gasteiger partial charge is 0.118 e. The van der Waals surface area contributed by atoms with Gasteiger partial charge in [0.2, 0.25) is 0 Å². The molecule has 0 bridgehead atoms. The number of anilines is 1. The summed E-state index contributed by atoms with van der Waals surface area (Å²) in [7, 11) is 0. The third-order valence-electron chi connectivity index (χ3n) is 4.77. The minimum Gasteiger partial charge on any atom is -0.382 e. The van der Waals surface area contributed by atoms with E-state index in [2.05, 4.69) is 62.1 Å². The Morgan fingerprint density at radius 1 is 0.846 bits per heavy atom. The van der Waals surface area contributed by atoms with E-state index in [0.29, 0.717) is 5.70 Å². The topological polar surface area (TPSA) is 32.3 Å². The molecule has 2 N–H and O–H groups in total. The van der Waals surface area contributed by atoms with Crippen molar-refractivity contribution >= 4 is 5.69 Å². The Bertz CT molecular complexity index is 658. The zero-order valence-electron chi connectivity index (χ0n) is 16.3. The molecule has 2 nitrogen and oxygen atoms in total. The van der Waals surface area contributed by atoms with Crippen LogP contribution in [0.1, 0.15) is 68.7 Å². The minimum absolute atomic E-state index is 0.602. The van der Waals surface area contributed by atoms with Gasteiger partial charge in [-0.2, -0.15) is 0 Å². The highest BCUT2D eigenvalue weighted by atomic mass is 16.3. The van der Waals surface area contributed by atoms with Crippen molar-refractivity contribution < 1.29 is 5.11 Å². The standard InChI is InChI=1S/C24H33NO/c1-4-6-8-10-21-13-17-23(18-14-21)25-19(3)24(26)22-15-11-20(12-16-22)9-7-5-2/h11-18,24-26H,3-10H2,1-2H3. The summed E-state index contributed by atoms with van der Waals surface area (Å²) in [5.41, 5.74) is 5.12. The van der Waals surface area contributed by atoms with Crippen LogP contribution in [0, 0.1) is 0 Å². The van der Waals surface area contributed by atoms with Crippen LogP contribution in [0.3, 0.4) is 0 Å². The van der Waals surface area contributed by atoms with Gasteiger partial charge in [0.15, 0.2) is 0 Å². The number of nitrogens with one attached hydrogen (secondary N) is 1. The van der Waals surface area contributed by atoms with Gasteiger partial charge in [-0.1, -0.05) is 76.1 Å². The Morgan fingerprint density at radius 2 is 1.38 bits per heavy atom. The van der Waals surface area contributed by atoms with Crippen molar-refractivity contribution in [2.75, 3.05) is 5.32 Å². The Morgan fingerprint density at radius 3 is 1.96 bits per heavy atom. The van der Waals surface area contributed by atoms with Gasteiger partial charge in [-0.3, -0.25) is 0 Å². The molecule has 26 heavy (non-hydrogen) atoms. The molecule has 2 aromatic rings. The van der Waals surface area contributed by atoms with E-state index in [0.717, 1.165) is 24.1 Å². The van der Waals surface area contributed by atoms with Gasteiger partial charge < -0.3 is 10.4 Å². The third kappa shape index (κ3) is 6.34. The van der Waals surface area contributed by atoms with E-state index < -0.39 is 6.10 Å². The third-order valence-corrected chi connectivity index (χ3v) is 4.77. The molecule has 1 unspecified atom stereocenters. The molecule has 1 atom stereocenters. The van der Waals surface area contributed by atoms with Gasteiger partial charge in [-0.15, -0.1) is 0 Å². The summed E-state index contributed by atoms with van der Waals surface area (Å²) in [5.74, 6) is 0. The summed E-state index contributed by atoms with van der Waals surface area (Å²) in [5, 5.41) is 13.8. The fourth-order valence-electron chi connectivity index (χ4n) is 3.04. The zero-order chi connectivity index (χ0) is 18.8. The summed E-state index contributed by atoms with van der Waals surface area (Å²) in [4.78, 5) is 0. The molecule has 0 aliphatic rings. The predicted molar refractivity (Wildman–Crippen MR) is 112 cm³/mol. The van der Waals surface area contributed by atoms with Gasteiger partial charge in [0.1, 0.15) is 6.10 Å². The number of hydrogen-bond acceptors (Lipinski definition) is 2. The van der Waals surface area contributed by atoms with E-state index >= 15 is 0 Å². The molecule has 2 aromatic carbocycles. The van der Waals surface area contributed by atoms with Gasteiger partial charge in [0.25, 0.3) is 0 Å². The van der Waals surface area contributed by atoms with Crippen LogP contribution in [-0.4, -0.2) is 5.11 Å². The molecule has 0 radical (unpaired) electrons. The highest BCUT2D eigenvalue weighted by molar-refractivity contribution is 5.50. The van der Waals surface area contributed by atoms with Crippen LogP contribution in [0.25, 0.3) is 0 Å². The van der Waals surface area contributed by atoms with Crippen LogP contribution in [-0.2, 0) is 12.8 Å². The number of benzene rings is 2. The number of hydrogen-bond donors (Lipinski definition) is 2. The molecule has 0 aromatic heterocycles. The minimum atomic E-state index is -0.709. The van der Waals surface area contributed by atoms with E-state index in [9.17, 15) is 5.11 Å². The Hall–Kier alpha value is -2.06. The highest BCUT2D eigenvalue weighted by Crippen LogP contribution is 2.23. The van der Waals surface area contributed by atoms with Crippen molar-refractivity contribution in [3.63, 3.8) is 0 Å². The largest absolute Gasteiger partial charge is 0.382 e. The highest BCUT2D eigenvalue weighted by Gasteiger charge is 2.12. The first-order valence-electron chi connectivity index (χ1n) is 9.95. The lowest BCUT2D eigenvalue weighted by molar-refractivity contribution is 0.217. The first-order valence-corrected chi connectivity index (χ1v) is 9.95. The number of unbranched alkanes of at least 4 members (excludes halogenated alkanes) is 3. The van der Waals surface area contributed by atoms with Crippen LogP contribution >= 0.6 is 0 Å². The van der Waals surface area contributed by atoms with Gasteiger partial charge in [-0.05, 0) is 54.5 Å². The summed E-state index contributed by atoms with van der Waals surface area (Å²) >= 11 is 0. The van der Waals surface area contributed by atoms with E-state index in [1.54, 1.807) is 0 Å². The molecule has 140 valence electrons. The van der Waals surface area contributed by atoms with Gasteiger partial charge in [0.05, 0.1) is 0 Å². The fraction of sp³-hybridized carbons (Fsp3) is 0.417. The number of aryl methyl sites for hydroxylation is 2. The van der Waals surface area contributed by atoms with Crippen molar-refractivity contribution in [1.29, 1.82) is 0 Å². The van der Waals surface area contributed by atoms with E-state index in [-0.39, 0.29) is 0 Å². The lowest BCUT2D eigenvalue weighted by Gasteiger charge is -2.17. The quantitative estimate of drug-likeness (QED) is 0.458. The molecule has 0 saturated carbocycles. The summed E-state index contributed by atoms with van der Waals surface area (Å²) in [6, 6.07) is 16.6. The van der Waals surface area contributed by atoms with Gasteiger partial charge in [-0.25, -0.2) is 0 Å². The van der Waals surface area contributed by atoms with Crippen LogP contribution < -0.4 is 5.32 Å². The average Bonchev–Trinajstić information content (AvgIpc) is 2.67. The number of rotatable bonds is 11. The van der Waals surface area contributed by atoms with Crippen molar-refractivity contribution in [3.8, 4) is 0 Å². The maximum atomic E-state index is 10.6. The van der Waals surface area contributed by atoms with Crippen molar-refractivity contribution in [2.24, 2.45) is 0 Å². The van der Waals surface area contributed by atoms with Gasteiger partial charge in [0, 0.05) is 11.4 Å². The molecule has 0 saturated heterocycles. The molecular formula is C24H33NO. The molecule has 2 rings (SSSR count). The maximum absolute atomic E-state index is 10.6. The van der Waals surface area contributed by atoms with Crippen LogP contribution in [0.5, 0.6) is 0 Å². The Kier molecular flexibility index (Phi) is 8.43. The van der Waals surface area contributed by atoms with Gasteiger partial charge >= 0.3 is 0 Å². The lowest BCUT2D eigenvalue weighted by Crippen LogP contribution is -2.09.